The summed E-state index contributed by atoms with van der Waals surface area (Å²) in [6.45, 7) is 4.30. The van der Waals surface area contributed by atoms with Crippen molar-refractivity contribution in [2.24, 2.45) is 5.92 Å². The van der Waals surface area contributed by atoms with Gasteiger partial charge in [0.25, 0.3) is 0 Å². The molecule has 0 bridgehead atoms. The van der Waals surface area contributed by atoms with E-state index in [0.717, 1.165) is 32.4 Å². The molecule has 0 saturated carbocycles. The van der Waals surface area contributed by atoms with E-state index in [1.165, 1.54) is 0 Å². The molecule has 0 aliphatic carbocycles. The maximum Gasteiger partial charge on any atom is 0.320 e. The van der Waals surface area contributed by atoms with E-state index in [0.29, 0.717) is 25.1 Å². The van der Waals surface area contributed by atoms with E-state index in [1.54, 1.807) is 36.1 Å². The summed E-state index contributed by atoms with van der Waals surface area (Å²) >= 11 is 0. The average molecular weight is 387 g/mol. The number of nitrogens with one attached hydrogen (secondary N) is 1. The number of benzene rings is 1. The Balaban J connectivity index is 1.60. The highest BCUT2D eigenvalue weighted by molar-refractivity contribution is 5.84. The predicted molar refractivity (Wildman–Crippen MR) is 105 cm³/mol. The third kappa shape index (κ3) is 4.29. The van der Waals surface area contributed by atoms with Gasteiger partial charge in [-0.25, -0.2) is 4.79 Å². The van der Waals surface area contributed by atoms with Crippen LogP contribution >= 0.6 is 0 Å². The van der Waals surface area contributed by atoms with Crippen LogP contribution in [-0.4, -0.2) is 65.5 Å². The van der Waals surface area contributed by atoms with Crippen molar-refractivity contribution in [3.05, 3.63) is 35.9 Å². The zero-order chi connectivity index (χ0) is 20.1. The Bertz CT molecular complexity index is 718. The number of nitrogens with zero attached hydrogens (tertiary/aromatic N) is 2. The molecule has 0 aromatic heterocycles. The summed E-state index contributed by atoms with van der Waals surface area (Å²) < 4.78 is 0. The Morgan fingerprint density at radius 2 is 1.71 bits per heavy atom. The van der Waals surface area contributed by atoms with Crippen LogP contribution in [0.4, 0.5) is 4.79 Å². The molecule has 0 radical (unpaired) electrons. The van der Waals surface area contributed by atoms with E-state index in [2.05, 4.69) is 5.32 Å². The fraction of sp³-hybridized carbons (Fsp3) is 0.571. The Kier molecular flexibility index (Phi) is 6.21. The monoisotopic (exact) mass is 387 g/mol. The van der Waals surface area contributed by atoms with Crippen LogP contribution in [0.5, 0.6) is 0 Å². The maximum absolute atomic E-state index is 12.7. The zero-order valence-corrected chi connectivity index (χ0v) is 16.4. The van der Waals surface area contributed by atoms with Gasteiger partial charge in [-0.3, -0.25) is 9.59 Å². The van der Waals surface area contributed by atoms with Gasteiger partial charge >= 0.3 is 12.0 Å². The minimum Gasteiger partial charge on any atom is -0.481 e. The van der Waals surface area contributed by atoms with Crippen LogP contribution in [0, 0.1) is 5.92 Å². The lowest BCUT2D eigenvalue weighted by atomic mass is 9.82. The molecule has 28 heavy (non-hydrogen) atoms. The summed E-state index contributed by atoms with van der Waals surface area (Å²) in [5.74, 6) is -1.45. The minimum atomic E-state index is -1.20. The summed E-state index contributed by atoms with van der Waals surface area (Å²) in [4.78, 5) is 40.9. The van der Waals surface area contributed by atoms with Crippen molar-refractivity contribution < 1.29 is 19.5 Å². The number of hydrogen-bond acceptors (Lipinski definition) is 3. The number of amides is 3. The first kappa shape index (κ1) is 20.2. The summed E-state index contributed by atoms with van der Waals surface area (Å²) in [5.41, 5.74) is -0.548. The second-order valence-electron chi connectivity index (χ2n) is 7.98. The molecule has 1 aromatic rings. The van der Waals surface area contributed by atoms with E-state index in [1.807, 2.05) is 11.0 Å². The van der Waals surface area contributed by atoms with Gasteiger partial charge in [0, 0.05) is 32.7 Å². The van der Waals surface area contributed by atoms with Crippen molar-refractivity contribution in [2.45, 2.75) is 38.0 Å². The number of aliphatic carboxylic acids is 1. The molecule has 7 heteroatoms. The van der Waals surface area contributed by atoms with Gasteiger partial charge < -0.3 is 20.2 Å². The summed E-state index contributed by atoms with van der Waals surface area (Å²) in [6, 6.07) is 8.96. The van der Waals surface area contributed by atoms with Gasteiger partial charge in [-0.15, -0.1) is 0 Å². The van der Waals surface area contributed by atoms with Crippen molar-refractivity contribution in [3.63, 3.8) is 0 Å². The van der Waals surface area contributed by atoms with E-state index in [9.17, 15) is 19.5 Å². The molecule has 2 fully saturated rings. The van der Waals surface area contributed by atoms with Crippen molar-refractivity contribution in [1.29, 1.82) is 0 Å². The fourth-order valence-corrected chi connectivity index (χ4v) is 3.99. The van der Waals surface area contributed by atoms with Crippen molar-refractivity contribution in [3.8, 4) is 0 Å². The van der Waals surface area contributed by atoms with Gasteiger partial charge in [0.05, 0.1) is 5.92 Å². The Morgan fingerprint density at radius 1 is 1.07 bits per heavy atom. The van der Waals surface area contributed by atoms with E-state index < -0.39 is 11.4 Å². The van der Waals surface area contributed by atoms with Gasteiger partial charge in [0.2, 0.25) is 5.91 Å². The molecule has 3 amide bonds. The molecule has 1 aromatic carbocycles. The first-order valence-corrected chi connectivity index (χ1v) is 10.0. The zero-order valence-electron chi connectivity index (χ0n) is 16.4. The van der Waals surface area contributed by atoms with Crippen LogP contribution in [0.25, 0.3) is 0 Å². The molecule has 7 nitrogen and oxygen atoms in total. The molecule has 0 spiro atoms. The maximum atomic E-state index is 12.7. The smallest absolute Gasteiger partial charge is 0.320 e. The Morgan fingerprint density at radius 3 is 2.36 bits per heavy atom. The number of carboxylic acids is 1. The van der Waals surface area contributed by atoms with E-state index in [4.69, 9.17) is 0 Å². The molecule has 2 unspecified atom stereocenters. The molecule has 2 heterocycles. The number of likely N-dealkylation sites (tertiary alicyclic amines) is 2. The molecule has 2 aliphatic rings. The van der Waals surface area contributed by atoms with Gasteiger partial charge in [0.1, 0.15) is 5.41 Å². The third-order valence-electron chi connectivity index (χ3n) is 5.94. The van der Waals surface area contributed by atoms with Crippen LogP contribution in [-0.2, 0) is 15.0 Å². The van der Waals surface area contributed by atoms with Gasteiger partial charge in [0.15, 0.2) is 0 Å². The van der Waals surface area contributed by atoms with Crippen LogP contribution < -0.4 is 5.32 Å². The predicted octanol–water partition coefficient (Wildman–Crippen LogP) is 2.07. The number of carboxylic acid groups (broad SMARTS) is 1. The van der Waals surface area contributed by atoms with Crippen molar-refractivity contribution in [2.75, 3.05) is 32.7 Å². The third-order valence-corrected chi connectivity index (χ3v) is 5.94. The summed E-state index contributed by atoms with van der Waals surface area (Å²) in [5, 5.41) is 12.6. The number of carbonyl (C=O) groups is 3. The molecule has 2 atom stereocenters. The average Bonchev–Trinajstić information content (AvgIpc) is 3.26. The number of hydrogen-bond donors (Lipinski definition) is 2. The quantitative estimate of drug-likeness (QED) is 0.809. The molecule has 3 rings (SSSR count). The van der Waals surface area contributed by atoms with E-state index >= 15 is 0 Å². The first-order valence-electron chi connectivity index (χ1n) is 10.0. The number of urea groups is 1. The summed E-state index contributed by atoms with van der Waals surface area (Å²) in [7, 11) is 0. The highest BCUT2D eigenvalue weighted by Gasteiger charge is 2.37. The summed E-state index contributed by atoms with van der Waals surface area (Å²) in [6.07, 6.45) is 3.57. The Hall–Kier alpha value is -2.57. The molecule has 2 saturated heterocycles. The largest absolute Gasteiger partial charge is 0.481 e. The van der Waals surface area contributed by atoms with Crippen LogP contribution in [0.1, 0.15) is 38.2 Å². The SMILES string of the molecule is CC(CNC(=O)C1CCCN(C(=O)N2CCCC2)C1)(C(=O)O)c1ccccc1. The Labute approximate surface area is 165 Å². The van der Waals surface area contributed by atoms with E-state index in [-0.39, 0.29) is 24.4 Å². The van der Waals surface area contributed by atoms with Crippen LogP contribution in [0.3, 0.4) is 0 Å². The number of rotatable bonds is 5. The molecule has 152 valence electrons. The normalized spacial score (nSPS) is 21.8. The topological polar surface area (TPSA) is 90.0 Å². The number of carbonyl (C=O) groups excluding carboxylic acids is 2. The van der Waals surface area contributed by atoms with Gasteiger partial charge in [-0.05, 0) is 38.2 Å². The lowest BCUT2D eigenvalue weighted by Gasteiger charge is -2.35. The molecular formula is C21H29N3O4. The lowest BCUT2D eigenvalue weighted by molar-refractivity contribution is -0.143. The van der Waals surface area contributed by atoms with Crippen LogP contribution in [0.15, 0.2) is 30.3 Å². The molecular weight excluding hydrogens is 358 g/mol. The van der Waals surface area contributed by atoms with Crippen molar-refractivity contribution >= 4 is 17.9 Å². The number of piperidine rings is 1. The standard InChI is InChI=1S/C21H29N3O4/c1-21(19(26)27,17-9-3-2-4-10-17)15-22-18(25)16-8-7-13-24(14-16)20(28)23-11-5-6-12-23/h2-4,9-10,16H,5-8,11-15H2,1H3,(H,22,25)(H,26,27). The minimum absolute atomic E-state index is 0.0156. The second-order valence-corrected chi connectivity index (χ2v) is 7.98. The first-order chi connectivity index (χ1) is 13.4. The highest BCUT2D eigenvalue weighted by atomic mass is 16.4. The van der Waals surface area contributed by atoms with Crippen molar-refractivity contribution in [1.82, 2.24) is 15.1 Å². The second kappa shape index (κ2) is 8.63. The van der Waals surface area contributed by atoms with Gasteiger partial charge in [-0.1, -0.05) is 30.3 Å². The highest BCUT2D eigenvalue weighted by Crippen LogP contribution is 2.24. The van der Waals surface area contributed by atoms with Crippen LogP contribution in [0.2, 0.25) is 0 Å². The molecule has 2 aliphatic heterocycles. The fourth-order valence-electron chi connectivity index (χ4n) is 3.99. The van der Waals surface area contributed by atoms with Gasteiger partial charge in [-0.2, -0.15) is 0 Å². The molecule has 2 N–H and O–H groups in total. The lowest BCUT2D eigenvalue weighted by Crippen LogP contribution is -2.51.